The Bertz CT molecular complexity index is 766. The first kappa shape index (κ1) is 17.2. The van der Waals surface area contributed by atoms with E-state index in [0.29, 0.717) is 12.8 Å². The number of benzene rings is 1. The SMILES string of the molecule is CCc1ccc(NC(=O)C2CCC(=O)N(C)C2c2cnn(C)c2)cc1. The van der Waals surface area contributed by atoms with E-state index < -0.39 is 0 Å². The van der Waals surface area contributed by atoms with Gasteiger partial charge >= 0.3 is 0 Å². The number of hydrogen-bond acceptors (Lipinski definition) is 3. The molecule has 1 aliphatic rings. The maximum atomic E-state index is 12.9. The summed E-state index contributed by atoms with van der Waals surface area (Å²) in [6.07, 6.45) is 5.50. The van der Waals surface area contributed by atoms with E-state index in [4.69, 9.17) is 0 Å². The number of anilines is 1. The highest BCUT2D eigenvalue weighted by atomic mass is 16.2. The average molecular weight is 340 g/mol. The van der Waals surface area contributed by atoms with Crippen molar-refractivity contribution in [2.24, 2.45) is 13.0 Å². The van der Waals surface area contributed by atoms with Crippen LogP contribution in [0.15, 0.2) is 36.7 Å². The number of nitrogens with zero attached hydrogens (tertiary/aromatic N) is 3. The molecule has 0 saturated carbocycles. The second kappa shape index (κ2) is 7.09. The highest BCUT2D eigenvalue weighted by molar-refractivity contribution is 5.94. The molecule has 1 N–H and O–H groups in total. The molecular formula is C19H24N4O2. The van der Waals surface area contributed by atoms with Crippen molar-refractivity contribution >= 4 is 17.5 Å². The maximum absolute atomic E-state index is 12.9. The molecule has 132 valence electrons. The molecule has 1 fully saturated rings. The summed E-state index contributed by atoms with van der Waals surface area (Å²) < 4.78 is 1.70. The van der Waals surface area contributed by atoms with Crippen molar-refractivity contribution < 1.29 is 9.59 Å². The number of rotatable bonds is 4. The number of nitrogens with one attached hydrogen (secondary N) is 1. The number of carbonyl (C=O) groups excluding carboxylic acids is 2. The third kappa shape index (κ3) is 3.57. The summed E-state index contributed by atoms with van der Waals surface area (Å²) >= 11 is 0. The fourth-order valence-electron chi connectivity index (χ4n) is 3.42. The van der Waals surface area contributed by atoms with Crippen molar-refractivity contribution in [3.05, 3.63) is 47.8 Å². The van der Waals surface area contributed by atoms with Crippen molar-refractivity contribution in [1.82, 2.24) is 14.7 Å². The molecule has 2 aromatic rings. The van der Waals surface area contributed by atoms with Crippen LogP contribution in [0.5, 0.6) is 0 Å². The normalized spacial score (nSPS) is 20.6. The van der Waals surface area contributed by atoms with Crippen LogP contribution >= 0.6 is 0 Å². The molecule has 2 heterocycles. The Hall–Kier alpha value is -2.63. The zero-order chi connectivity index (χ0) is 18.0. The molecule has 0 aliphatic carbocycles. The van der Waals surface area contributed by atoms with Crippen LogP contribution < -0.4 is 5.32 Å². The lowest BCUT2D eigenvalue weighted by molar-refractivity contribution is -0.140. The number of hydrogen-bond donors (Lipinski definition) is 1. The first-order chi connectivity index (χ1) is 12.0. The summed E-state index contributed by atoms with van der Waals surface area (Å²) in [5.41, 5.74) is 2.90. The topological polar surface area (TPSA) is 67.2 Å². The molecule has 2 atom stereocenters. The summed E-state index contributed by atoms with van der Waals surface area (Å²) in [5.74, 6) is -0.291. The van der Waals surface area contributed by atoms with Crippen LogP contribution in [0.2, 0.25) is 0 Å². The Balaban J connectivity index is 1.81. The summed E-state index contributed by atoms with van der Waals surface area (Å²) in [6.45, 7) is 2.10. The molecule has 0 radical (unpaired) electrons. The van der Waals surface area contributed by atoms with Crippen LogP contribution in [0.4, 0.5) is 5.69 Å². The van der Waals surface area contributed by atoms with E-state index in [9.17, 15) is 9.59 Å². The van der Waals surface area contributed by atoms with Gasteiger partial charge in [-0.3, -0.25) is 14.3 Å². The average Bonchev–Trinajstić information content (AvgIpc) is 3.03. The molecule has 1 aliphatic heterocycles. The molecule has 25 heavy (non-hydrogen) atoms. The van der Waals surface area contributed by atoms with Crippen LogP contribution in [0.3, 0.4) is 0 Å². The van der Waals surface area contributed by atoms with E-state index in [0.717, 1.165) is 17.7 Å². The Morgan fingerprint density at radius 3 is 2.60 bits per heavy atom. The summed E-state index contributed by atoms with van der Waals surface area (Å²) in [6, 6.07) is 7.60. The van der Waals surface area contributed by atoms with Gasteiger partial charge in [0, 0.05) is 38.0 Å². The Labute approximate surface area is 147 Å². The minimum Gasteiger partial charge on any atom is -0.338 e. The van der Waals surface area contributed by atoms with Gasteiger partial charge in [0.2, 0.25) is 11.8 Å². The highest BCUT2D eigenvalue weighted by Crippen LogP contribution is 2.36. The first-order valence-electron chi connectivity index (χ1n) is 8.63. The van der Waals surface area contributed by atoms with Gasteiger partial charge in [0.15, 0.2) is 0 Å². The van der Waals surface area contributed by atoms with Gasteiger partial charge in [-0.15, -0.1) is 0 Å². The van der Waals surface area contributed by atoms with E-state index in [1.807, 2.05) is 37.5 Å². The van der Waals surface area contributed by atoms with E-state index in [1.54, 1.807) is 22.8 Å². The molecule has 0 bridgehead atoms. The summed E-state index contributed by atoms with van der Waals surface area (Å²) in [5, 5.41) is 7.20. The minimum absolute atomic E-state index is 0.0579. The number of piperidine rings is 1. The van der Waals surface area contributed by atoms with E-state index in [-0.39, 0.29) is 23.8 Å². The lowest BCUT2D eigenvalue weighted by atomic mass is 9.85. The third-order valence-electron chi connectivity index (χ3n) is 4.89. The molecule has 1 aromatic heterocycles. The summed E-state index contributed by atoms with van der Waals surface area (Å²) in [7, 11) is 3.59. The largest absolute Gasteiger partial charge is 0.338 e. The number of amides is 2. The minimum atomic E-state index is -0.294. The van der Waals surface area contributed by atoms with Crippen molar-refractivity contribution in [2.45, 2.75) is 32.2 Å². The van der Waals surface area contributed by atoms with Crippen LogP contribution in [0, 0.1) is 5.92 Å². The van der Waals surface area contributed by atoms with Gasteiger partial charge in [-0.2, -0.15) is 5.10 Å². The van der Waals surface area contributed by atoms with E-state index >= 15 is 0 Å². The molecule has 6 heteroatoms. The quantitative estimate of drug-likeness (QED) is 0.930. The molecule has 3 rings (SSSR count). The summed E-state index contributed by atoms with van der Waals surface area (Å²) in [4.78, 5) is 26.7. The standard InChI is InChI=1S/C19H24N4O2/c1-4-13-5-7-15(8-6-13)21-19(25)16-9-10-17(24)23(3)18(16)14-11-20-22(2)12-14/h5-8,11-12,16,18H,4,9-10H2,1-3H3,(H,21,25). The lowest BCUT2D eigenvalue weighted by Gasteiger charge is -2.37. The number of aryl methyl sites for hydroxylation is 2. The fourth-order valence-corrected chi connectivity index (χ4v) is 3.42. The van der Waals surface area contributed by atoms with Crippen molar-refractivity contribution in [2.75, 3.05) is 12.4 Å². The molecule has 6 nitrogen and oxygen atoms in total. The van der Waals surface area contributed by atoms with Gasteiger partial charge < -0.3 is 10.2 Å². The van der Waals surface area contributed by atoms with Gasteiger partial charge in [-0.05, 0) is 30.5 Å². The van der Waals surface area contributed by atoms with Crippen LogP contribution in [-0.4, -0.2) is 33.5 Å². The molecule has 2 unspecified atom stereocenters. The second-order valence-corrected chi connectivity index (χ2v) is 6.58. The number of likely N-dealkylation sites (tertiary alicyclic amines) is 1. The maximum Gasteiger partial charge on any atom is 0.229 e. The predicted molar refractivity (Wildman–Crippen MR) is 95.9 cm³/mol. The van der Waals surface area contributed by atoms with Crippen molar-refractivity contribution in [3.8, 4) is 0 Å². The Morgan fingerprint density at radius 1 is 1.28 bits per heavy atom. The smallest absolute Gasteiger partial charge is 0.229 e. The zero-order valence-corrected chi connectivity index (χ0v) is 14.9. The first-order valence-corrected chi connectivity index (χ1v) is 8.63. The van der Waals surface area contributed by atoms with Gasteiger partial charge in [-0.25, -0.2) is 0 Å². The van der Waals surface area contributed by atoms with Crippen molar-refractivity contribution in [1.29, 1.82) is 0 Å². The van der Waals surface area contributed by atoms with Crippen LogP contribution in [0.25, 0.3) is 0 Å². The molecule has 2 amide bonds. The highest BCUT2D eigenvalue weighted by Gasteiger charge is 2.39. The van der Waals surface area contributed by atoms with E-state index in [1.165, 1.54) is 5.56 Å². The van der Waals surface area contributed by atoms with Crippen LogP contribution in [0.1, 0.15) is 36.9 Å². The van der Waals surface area contributed by atoms with Gasteiger partial charge in [0.1, 0.15) is 0 Å². The molecule has 0 spiro atoms. The third-order valence-corrected chi connectivity index (χ3v) is 4.89. The second-order valence-electron chi connectivity index (χ2n) is 6.58. The number of aromatic nitrogens is 2. The molecule has 1 saturated heterocycles. The van der Waals surface area contributed by atoms with Crippen LogP contribution in [-0.2, 0) is 23.1 Å². The van der Waals surface area contributed by atoms with Gasteiger partial charge in [0.05, 0.1) is 18.2 Å². The van der Waals surface area contributed by atoms with Gasteiger partial charge in [0.25, 0.3) is 0 Å². The van der Waals surface area contributed by atoms with Crippen molar-refractivity contribution in [3.63, 3.8) is 0 Å². The zero-order valence-electron chi connectivity index (χ0n) is 14.9. The molecular weight excluding hydrogens is 316 g/mol. The predicted octanol–water partition coefficient (Wildman–Crippen LogP) is 2.53. The number of carbonyl (C=O) groups is 2. The van der Waals surface area contributed by atoms with E-state index in [2.05, 4.69) is 17.3 Å². The Kier molecular flexibility index (Phi) is 4.88. The van der Waals surface area contributed by atoms with Gasteiger partial charge in [-0.1, -0.05) is 19.1 Å². The fraction of sp³-hybridized carbons (Fsp3) is 0.421. The molecule has 1 aromatic carbocycles. The monoisotopic (exact) mass is 340 g/mol. The lowest BCUT2D eigenvalue weighted by Crippen LogP contribution is -2.44. The Morgan fingerprint density at radius 2 is 2.00 bits per heavy atom.